The summed E-state index contributed by atoms with van der Waals surface area (Å²) in [5.74, 6) is -0.104. The van der Waals surface area contributed by atoms with Crippen molar-refractivity contribution < 1.29 is 14.0 Å². The number of benzene rings is 1. The summed E-state index contributed by atoms with van der Waals surface area (Å²) in [7, 11) is -1.82. The molecule has 0 spiro atoms. The molecule has 1 aliphatic heterocycles. The first kappa shape index (κ1) is 20.4. The molecule has 142 valence electrons. The Bertz CT molecular complexity index is 665. The lowest BCUT2D eigenvalue weighted by atomic mass is 10.0. The van der Waals surface area contributed by atoms with Gasteiger partial charge in [0.05, 0.1) is 6.04 Å². The number of ketones is 1. The Morgan fingerprint density at radius 3 is 2.54 bits per heavy atom. The van der Waals surface area contributed by atoms with Crippen molar-refractivity contribution in [1.29, 1.82) is 0 Å². The highest BCUT2D eigenvalue weighted by molar-refractivity contribution is 6.74. The minimum Gasteiger partial charge on any atom is -0.417 e. The Balaban J connectivity index is 1.98. The quantitative estimate of drug-likeness (QED) is 0.767. The molecule has 0 radical (unpaired) electrons. The zero-order valence-electron chi connectivity index (χ0n) is 16.4. The summed E-state index contributed by atoms with van der Waals surface area (Å²) >= 11 is 0. The number of amides is 1. The number of rotatable bonds is 6. The molecule has 0 bridgehead atoms. The fourth-order valence-corrected chi connectivity index (χ4v) is 3.55. The van der Waals surface area contributed by atoms with E-state index in [4.69, 9.17) is 4.43 Å². The lowest BCUT2D eigenvalue weighted by molar-refractivity contribution is -0.116. The van der Waals surface area contributed by atoms with Crippen LogP contribution < -0.4 is 5.43 Å². The van der Waals surface area contributed by atoms with Crippen LogP contribution in [0.25, 0.3) is 0 Å². The van der Waals surface area contributed by atoms with Gasteiger partial charge in [-0.15, -0.1) is 0 Å². The van der Waals surface area contributed by atoms with Gasteiger partial charge in [0.2, 0.25) is 0 Å². The molecule has 1 heterocycles. The van der Waals surface area contributed by atoms with Gasteiger partial charge in [0.15, 0.2) is 14.1 Å². The maximum Gasteiger partial charge on any atom is 0.269 e. The molecular formula is C20H30N2O3Si. The molecule has 1 N–H and O–H groups in total. The van der Waals surface area contributed by atoms with Crippen LogP contribution in [0.15, 0.2) is 42.6 Å². The number of carbonyl (C=O) groups excluding carboxylic acids is 2. The Morgan fingerprint density at radius 2 is 1.92 bits per heavy atom. The minimum absolute atomic E-state index is 0.0764. The highest BCUT2D eigenvalue weighted by Crippen LogP contribution is 2.36. The summed E-state index contributed by atoms with van der Waals surface area (Å²) in [5, 5.41) is 1.89. The molecule has 1 amide bonds. The van der Waals surface area contributed by atoms with Gasteiger partial charge in [-0.05, 0) is 42.8 Å². The summed E-state index contributed by atoms with van der Waals surface area (Å²) < 4.78 is 6.23. The SMILES string of the molecule is CC(C)(C)[Si](C)(C)OCCC1CC(=O)C=CN1NC(=O)c1ccccc1. The number of carbonyl (C=O) groups is 2. The number of nitrogens with zero attached hydrogens (tertiary/aromatic N) is 1. The number of hydrogen-bond acceptors (Lipinski definition) is 4. The van der Waals surface area contributed by atoms with Crippen LogP contribution in [0.3, 0.4) is 0 Å². The molecule has 1 aromatic carbocycles. The van der Waals surface area contributed by atoms with Crippen molar-refractivity contribution in [2.45, 2.75) is 57.8 Å². The van der Waals surface area contributed by atoms with Crippen LogP contribution in [0.1, 0.15) is 44.0 Å². The standard InChI is InChI=1S/C20H30N2O3Si/c1-20(2,3)26(4,5)25-14-12-17-15-18(23)11-13-22(17)21-19(24)16-9-7-6-8-10-16/h6-11,13,17H,12,14-15H2,1-5H3,(H,21,24). The average molecular weight is 375 g/mol. The van der Waals surface area contributed by atoms with Gasteiger partial charge in [0, 0.05) is 24.8 Å². The Morgan fingerprint density at radius 1 is 1.27 bits per heavy atom. The molecule has 0 fully saturated rings. The van der Waals surface area contributed by atoms with E-state index in [1.165, 1.54) is 6.08 Å². The molecule has 0 aliphatic carbocycles. The predicted molar refractivity (Wildman–Crippen MR) is 106 cm³/mol. The summed E-state index contributed by atoms with van der Waals surface area (Å²) in [6, 6.07) is 8.97. The van der Waals surface area contributed by atoms with Crippen molar-refractivity contribution in [3.05, 3.63) is 48.2 Å². The molecule has 1 unspecified atom stereocenters. The fraction of sp³-hybridized carbons (Fsp3) is 0.500. The van der Waals surface area contributed by atoms with Gasteiger partial charge in [0.25, 0.3) is 5.91 Å². The number of hydrogen-bond donors (Lipinski definition) is 1. The van der Waals surface area contributed by atoms with Crippen LogP contribution in [0.4, 0.5) is 0 Å². The first-order valence-electron chi connectivity index (χ1n) is 9.09. The molecule has 0 saturated carbocycles. The number of allylic oxidation sites excluding steroid dienone is 1. The van der Waals surface area contributed by atoms with Crippen molar-refractivity contribution in [2.24, 2.45) is 0 Å². The van der Waals surface area contributed by atoms with Crippen molar-refractivity contribution in [2.75, 3.05) is 6.61 Å². The maximum absolute atomic E-state index is 12.4. The third kappa shape index (κ3) is 5.29. The summed E-state index contributed by atoms with van der Waals surface area (Å²) in [6.45, 7) is 11.6. The van der Waals surface area contributed by atoms with Crippen molar-refractivity contribution in [3.63, 3.8) is 0 Å². The van der Waals surface area contributed by atoms with E-state index in [-0.39, 0.29) is 22.8 Å². The molecule has 5 nitrogen and oxygen atoms in total. The third-order valence-corrected chi connectivity index (χ3v) is 9.78. The smallest absolute Gasteiger partial charge is 0.269 e. The van der Waals surface area contributed by atoms with Crippen LogP contribution in [0.5, 0.6) is 0 Å². The zero-order valence-corrected chi connectivity index (χ0v) is 17.4. The van der Waals surface area contributed by atoms with Crippen LogP contribution in [0, 0.1) is 0 Å². The van der Waals surface area contributed by atoms with E-state index in [2.05, 4.69) is 39.3 Å². The van der Waals surface area contributed by atoms with E-state index in [9.17, 15) is 9.59 Å². The Kier molecular flexibility index (Phi) is 6.42. The van der Waals surface area contributed by atoms with E-state index in [0.29, 0.717) is 25.0 Å². The fourth-order valence-electron chi connectivity index (χ4n) is 2.49. The molecule has 6 heteroatoms. The van der Waals surface area contributed by atoms with Gasteiger partial charge >= 0.3 is 0 Å². The highest BCUT2D eigenvalue weighted by Gasteiger charge is 2.37. The summed E-state index contributed by atoms with van der Waals surface area (Å²) in [4.78, 5) is 24.2. The normalized spacial score (nSPS) is 18.1. The Hall–Kier alpha value is -1.92. The molecule has 26 heavy (non-hydrogen) atoms. The molecule has 0 aromatic heterocycles. The first-order valence-corrected chi connectivity index (χ1v) is 12.0. The van der Waals surface area contributed by atoms with Gasteiger partial charge in [-0.25, -0.2) is 0 Å². The van der Waals surface area contributed by atoms with E-state index in [1.807, 2.05) is 18.2 Å². The van der Waals surface area contributed by atoms with Crippen LogP contribution >= 0.6 is 0 Å². The lowest BCUT2D eigenvalue weighted by Crippen LogP contribution is -2.48. The van der Waals surface area contributed by atoms with Gasteiger partial charge in [0.1, 0.15) is 0 Å². The first-order chi connectivity index (χ1) is 12.1. The van der Waals surface area contributed by atoms with E-state index in [0.717, 1.165) is 0 Å². The minimum atomic E-state index is -1.82. The Labute approximate surface area is 157 Å². The van der Waals surface area contributed by atoms with Crippen molar-refractivity contribution >= 4 is 20.0 Å². The molecule has 1 aliphatic rings. The second-order valence-corrected chi connectivity index (χ2v) is 13.1. The van der Waals surface area contributed by atoms with Crippen LogP contribution in [-0.4, -0.2) is 37.7 Å². The molecular weight excluding hydrogens is 344 g/mol. The monoisotopic (exact) mass is 374 g/mol. The summed E-state index contributed by atoms with van der Waals surface area (Å²) in [5.41, 5.74) is 3.49. The second-order valence-electron chi connectivity index (χ2n) is 8.25. The van der Waals surface area contributed by atoms with Gasteiger partial charge in [-0.2, -0.15) is 0 Å². The predicted octanol–water partition coefficient (Wildman–Crippen LogP) is 3.90. The van der Waals surface area contributed by atoms with Crippen LogP contribution in [-0.2, 0) is 9.22 Å². The van der Waals surface area contributed by atoms with E-state index < -0.39 is 8.32 Å². The van der Waals surface area contributed by atoms with Gasteiger partial charge < -0.3 is 4.43 Å². The largest absolute Gasteiger partial charge is 0.417 e. The summed E-state index contributed by atoms with van der Waals surface area (Å²) in [6.07, 6.45) is 4.24. The van der Waals surface area contributed by atoms with Crippen molar-refractivity contribution in [1.82, 2.24) is 10.4 Å². The zero-order chi connectivity index (χ0) is 19.4. The molecule has 0 saturated heterocycles. The average Bonchev–Trinajstić information content (AvgIpc) is 2.56. The molecule has 2 rings (SSSR count). The van der Waals surface area contributed by atoms with E-state index >= 15 is 0 Å². The molecule has 1 atom stereocenters. The van der Waals surface area contributed by atoms with Crippen molar-refractivity contribution in [3.8, 4) is 0 Å². The second kappa shape index (κ2) is 8.18. The molecule has 1 aromatic rings. The lowest BCUT2D eigenvalue weighted by Gasteiger charge is -2.38. The number of nitrogens with one attached hydrogen (secondary N) is 1. The number of hydrazine groups is 1. The van der Waals surface area contributed by atoms with Gasteiger partial charge in [-0.3, -0.25) is 20.0 Å². The van der Waals surface area contributed by atoms with Gasteiger partial charge in [-0.1, -0.05) is 39.0 Å². The maximum atomic E-state index is 12.4. The van der Waals surface area contributed by atoms with E-state index in [1.54, 1.807) is 23.3 Å². The third-order valence-electron chi connectivity index (χ3n) is 5.24. The van der Waals surface area contributed by atoms with Crippen LogP contribution in [0.2, 0.25) is 18.1 Å². The topological polar surface area (TPSA) is 58.6 Å². The highest BCUT2D eigenvalue weighted by atomic mass is 28.4.